The molecule has 1 heterocycles. The first-order valence-electron chi connectivity index (χ1n) is 6.80. The first kappa shape index (κ1) is 15.0. The minimum Gasteiger partial charge on any atom is -0.497 e. The summed E-state index contributed by atoms with van der Waals surface area (Å²) in [6.45, 7) is 2.03. The van der Waals surface area contributed by atoms with Crippen molar-refractivity contribution >= 4 is 5.78 Å². The molecular formula is C17H19NO3. The highest BCUT2D eigenvalue weighted by atomic mass is 16.5. The van der Waals surface area contributed by atoms with Gasteiger partial charge in [-0.05, 0) is 35.7 Å². The number of pyridine rings is 1. The molecule has 0 saturated carbocycles. The van der Waals surface area contributed by atoms with Gasteiger partial charge in [-0.2, -0.15) is 0 Å². The third-order valence-electron chi connectivity index (χ3n) is 3.44. The lowest BCUT2D eigenvalue weighted by Crippen LogP contribution is -2.06. The van der Waals surface area contributed by atoms with Crippen LogP contribution >= 0.6 is 0 Å². The van der Waals surface area contributed by atoms with Gasteiger partial charge in [0.15, 0.2) is 5.78 Å². The average Bonchev–Trinajstić information content (AvgIpc) is 2.54. The summed E-state index contributed by atoms with van der Waals surface area (Å²) >= 11 is 0. The fourth-order valence-corrected chi connectivity index (χ4v) is 2.17. The lowest BCUT2D eigenvalue weighted by atomic mass is 9.94. The van der Waals surface area contributed by atoms with E-state index in [-0.39, 0.29) is 11.7 Å². The fourth-order valence-electron chi connectivity index (χ4n) is 2.17. The number of carbonyl (C=O) groups is 1. The van der Waals surface area contributed by atoms with E-state index >= 15 is 0 Å². The average molecular weight is 285 g/mol. The van der Waals surface area contributed by atoms with Crippen LogP contribution in [0.1, 0.15) is 35.2 Å². The molecule has 1 atom stereocenters. The molecule has 110 valence electrons. The van der Waals surface area contributed by atoms with Gasteiger partial charge in [0.05, 0.1) is 14.2 Å². The Morgan fingerprint density at radius 3 is 2.19 bits per heavy atom. The molecule has 1 unspecified atom stereocenters. The molecule has 2 rings (SSSR count). The van der Waals surface area contributed by atoms with E-state index in [9.17, 15) is 4.79 Å². The number of nitrogens with zero attached hydrogens (tertiary/aromatic N) is 1. The second-order valence-electron chi connectivity index (χ2n) is 4.91. The maximum Gasteiger partial charge on any atom is 0.163 e. The van der Waals surface area contributed by atoms with Gasteiger partial charge in [0.1, 0.15) is 11.5 Å². The van der Waals surface area contributed by atoms with Gasteiger partial charge in [0.2, 0.25) is 0 Å². The minimum atomic E-state index is 0.0662. The number of ether oxygens (including phenoxy) is 2. The van der Waals surface area contributed by atoms with Crippen LogP contribution in [0.15, 0.2) is 42.7 Å². The van der Waals surface area contributed by atoms with Crippen molar-refractivity contribution in [3.8, 4) is 11.5 Å². The van der Waals surface area contributed by atoms with E-state index in [4.69, 9.17) is 9.47 Å². The van der Waals surface area contributed by atoms with Gasteiger partial charge in [-0.1, -0.05) is 6.92 Å². The Hall–Kier alpha value is -2.36. The van der Waals surface area contributed by atoms with Crippen LogP contribution in [-0.4, -0.2) is 25.0 Å². The molecule has 21 heavy (non-hydrogen) atoms. The maximum absolute atomic E-state index is 12.4. The van der Waals surface area contributed by atoms with Gasteiger partial charge < -0.3 is 9.47 Å². The number of rotatable bonds is 6. The second-order valence-corrected chi connectivity index (χ2v) is 4.91. The Morgan fingerprint density at radius 2 is 1.67 bits per heavy atom. The molecule has 4 heteroatoms. The molecule has 0 aliphatic carbocycles. The van der Waals surface area contributed by atoms with Gasteiger partial charge in [-0.25, -0.2) is 0 Å². The Kier molecular flexibility index (Phi) is 4.93. The van der Waals surface area contributed by atoms with Crippen LogP contribution in [-0.2, 0) is 0 Å². The number of hydrogen-bond acceptors (Lipinski definition) is 4. The quantitative estimate of drug-likeness (QED) is 0.762. The van der Waals surface area contributed by atoms with Crippen LogP contribution in [0.25, 0.3) is 0 Å². The summed E-state index contributed by atoms with van der Waals surface area (Å²) in [6.07, 6.45) is 3.91. The summed E-state index contributed by atoms with van der Waals surface area (Å²) in [7, 11) is 3.14. The van der Waals surface area contributed by atoms with Crippen molar-refractivity contribution in [1.82, 2.24) is 4.98 Å². The molecular weight excluding hydrogens is 266 g/mol. The van der Waals surface area contributed by atoms with Gasteiger partial charge in [0, 0.05) is 30.4 Å². The normalized spacial score (nSPS) is 11.8. The zero-order valence-electron chi connectivity index (χ0n) is 12.5. The Bertz CT molecular complexity index is 588. The summed E-state index contributed by atoms with van der Waals surface area (Å²) in [6, 6.07) is 9.10. The molecule has 1 aromatic carbocycles. The van der Waals surface area contributed by atoms with Crippen LogP contribution in [0.3, 0.4) is 0 Å². The number of carbonyl (C=O) groups excluding carboxylic acids is 1. The second kappa shape index (κ2) is 6.88. The van der Waals surface area contributed by atoms with E-state index in [0.717, 1.165) is 5.56 Å². The maximum atomic E-state index is 12.4. The van der Waals surface area contributed by atoms with Crippen molar-refractivity contribution in [1.29, 1.82) is 0 Å². The number of benzene rings is 1. The zero-order chi connectivity index (χ0) is 15.2. The van der Waals surface area contributed by atoms with Gasteiger partial charge in [-0.15, -0.1) is 0 Å². The highest BCUT2D eigenvalue weighted by Gasteiger charge is 2.15. The molecule has 0 radical (unpaired) electrons. The Labute approximate surface area is 124 Å². The van der Waals surface area contributed by atoms with E-state index in [0.29, 0.717) is 23.5 Å². The first-order valence-corrected chi connectivity index (χ1v) is 6.80. The molecule has 4 nitrogen and oxygen atoms in total. The van der Waals surface area contributed by atoms with Crippen LogP contribution in [0.5, 0.6) is 11.5 Å². The Balaban J connectivity index is 2.16. The SMILES string of the molecule is COc1cc(OC)cc(C(=O)CC(C)c2ccncc2)c1. The molecule has 0 amide bonds. The zero-order valence-corrected chi connectivity index (χ0v) is 12.5. The molecule has 1 aromatic heterocycles. The first-order chi connectivity index (χ1) is 10.1. The summed E-state index contributed by atoms with van der Waals surface area (Å²) in [4.78, 5) is 16.4. The van der Waals surface area contributed by atoms with Crippen molar-refractivity contribution in [2.45, 2.75) is 19.3 Å². The molecule has 0 fully saturated rings. The number of Topliss-reactive ketones (excluding diaryl/α,β-unsaturated/α-hetero) is 1. The van der Waals surface area contributed by atoms with Crippen molar-refractivity contribution < 1.29 is 14.3 Å². The number of ketones is 1. The lowest BCUT2D eigenvalue weighted by molar-refractivity contribution is 0.0975. The smallest absolute Gasteiger partial charge is 0.163 e. The summed E-state index contributed by atoms with van der Waals surface area (Å²) < 4.78 is 10.4. The van der Waals surface area contributed by atoms with E-state index in [1.54, 1.807) is 44.8 Å². The van der Waals surface area contributed by atoms with Crippen LogP contribution in [0.2, 0.25) is 0 Å². The lowest BCUT2D eigenvalue weighted by Gasteiger charge is -2.12. The van der Waals surface area contributed by atoms with Crippen LogP contribution in [0, 0.1) is 0 Å². The molecule has 0 bridgehead atoms. The Morgan fingerprint density at radius 1 is 1.10 bits per heavy atom. The molecule has 0 spiro atoms. The largest absolute Gasteiger partial charge is 0.497 e. The number of hydrogen-bond donors (Lipinski definition) is 0. The van der Waals surface area contributed by atoms with Crippen molar-refractivity contribution in [3.05, 3.63) is 53.9 Å². The highest BCUT2D eigenvalue weighted by molar-refractivity contribution is 5.97. The van der Waals surface area contributed by atoms with E-state index in [1.165, 1.54) is 0 Å². The number of methoxy groups -OCH3 is 2. The third-order valence-corrected chi connectivity index (χ3v) is 3.44. The predicted octanol–water partition coefficient (Wildman–Crippen LogP) is 3.48. The van der Waals surface area contributed by atoms with Crippen LogP contribution in [0.4, 0.5) is 0 Å². The monoisotopic (exact) mass is 285 g/mol. The van der Waals surface area contributed by atoms with Crippen LogP contribution < -0.4 is 9.47 Å². The van der Waals surface area contributed by atoms with Crippen molar-refractivity contribution in [3.63, 3.8) is 0 Å². The fraction of sp³-hybridized carbons (Fsp3) is 0.294. The molecule has 2 aromatic rings. The standard InChI is InChI=1S/C17H19NO3/c1-12(13-4-6-18-7-5-13)8-17(19)14-9-15(20-2)11-16(10-14)21-3/h4-7,9-12H,8H2,1-3H3. The van der Waals surface area contributed by atoms with Crippen molar-refractivity contribution in [2.75, 3.05) is 14.2 Å². The van der Waals surface area contributed by atoms with Gasteiger partial charge in [-0.3, -0.25) is 9.78 Å². The minimum absolute atomic E-state index is 0.0662. The molecule has 0 aliphatic rings. The van der Waals surface area contributed by atoms with E-state index in [2.05, 4.69) is 4.98 Å². The highest BCUT2D eigenvalue weighted by Crippen LogP contribution is 2.26. The molecule has 0 N–H and O–H groups in total. The summed E-state index contributed by atoms with van der Waals surface area (Å²) in [5.41, 5.74) is 1.71. The predicted molar refractivity (Wildman–Crippen MR) is 81.1 cm³/mol. The summed E-state index contributed by atoms with van der Waals surface area (Å²) in [5.74, 6) is 1.44. The van der Waals surface area contributed by atoms with Crippen molar-refractivity contribution in [2.24, 2.45) is 0 Å². The van der Waals surface area contributed by atoms with E-state index < -0.39 is 0 Å². The van der Waals surface area contributed by atoms with Gasteiger partial charge in [0.25, 0.3) is 0 Å². The third kappa shape index (κ3) is 3.81. The number of aromatic nitrogens is 1. The topological polar surface area (TPSA) is 48.4 Å². The molecule has 0 aliphatic heterocycles. The summed E-state index contributed by atoms with van der Waals surface area (Å²) in [5, 5.41) is 0. The van der Waals surface area contributed by atoms with Gasteiger partial charge >= 0.3 is 0 Å². The van der Waals surface area contributed by atoms with E-state index in [1.807, 2.05) is 19.1 Å². The molecule has 0 saturated heterocycles.